The Morgan fingerprint density at radius 1 is 0.909 bits per heavy atom. The van der Waals surface area contributed by atoms with Crippen molar-refractivity contribution < 1.29 is 14.4 Å². The van der Waals surface area contributed by atoms with Crippen LogP contribution in [0.1, 0.15) is 52.4 Å². The Balaban J connectivity index is 2.16. The van der Waals surface area contributed by atoms with Gasteiger partial charge in [-0.05, 0) is 32.6 Å². The number of nitrogens with one attached hydrogen (secondary N) is 2. The van der Waals surface area contributed by atoms with Gasteiger partial charge in [-0.2, -0.15) is 0 Å². The first-order valence-corrected chi connectivity index (χ1v) is 8.38. The van der Waals surface area contributed by atoms with E-state index < -0.39 is 0 Å². The van der Waals surface area contributed by atoms with Crippen molar-refractivity contribution in [2.75, 3.05) is 26.2 Å². The highest BCUT2D eigenvalue weighted by Gasteiger charge is 2.17. The standard InChI is InChI=1S/C16H29N3O3/c1-3-19(4-2)16(22)12-18-15(21)11-17-14(20)10-13-8-6-5-7-9-13/h13H,3-12H2,1-2H3,(H,17,20)(H,18,21). The third-order valence-corrected chi connectivity index (χ3v) is 4.20. The molecule has 22 heavy (non-hydrogen) atoms. The maximum absolute atomic E-state index is 11.8. The second-order valence-electron chi connectivity index (χ2n) is 5.83. The highest BCUT2D eigenvalue weighted by Crippen LogP contribution is 2.25. The number of nitrogens with zero attached hydrogens (tertiary/aromatic N) is 1. The van der Waals surface area contributed by atoms with Crippen molar-refractivity contribution in [3.05, 3.63) is 0 Å². The Hall–Kier alpha value is -1.59. The van der Waals surface area contributed by atoms with Gasteiger partial charge in [0.25, 0.3) is 0 Å². The average molecular weight is 311 g/mol. The summed E-state index contributed by atoms with van der Waals surface area (Å²) in [6, 6.07) is 0. The molecule has 3 amide bonds. The second kappa shape index (κ2) is 10.2. The molecule has 0 aromatic carbocycles. The Morgan fingerprint density at radius 3 is 2.09 bits per heavy atom. The summed E-state index contributed by atoms with van der Waals surface area (Å²) in [4.78, 5) is 36.8. The first-order valence-electron chi connectivity index (χ1n) is 8.38. The molecule has 0 bridgehead atoms. The fourth-order valence-corrected chi connectivity index (χ4v) is 2.83. The molecule has 0 atom stereocenters. The van der Waals surface area contributed by atoms with Crippen LogP contribution >= 0.6 is 0 Å². The van der Waals surface area contributed by atoms with Gasteiger partial charge in [0, 0.05) is 19.5 Å². The minimum absolute atomic E-state index is 0.0149. The van der Waals surface area contributed by atoms with Gasteiger partial charge in [-0.25, -0.2) is 0 Å². The van der Waals surface area contributed by atoms with E-state index >= 15 is 0 Å². The van der Waals surface area contributed by atoms with E-state index in [4.69, 9.17) is 0 Å². The van der Waals surface area contributed by atoms with Gasteiger partial charge >= 0.3 is 0 Å². The van der Waals surface area contributed by atoms with E-state index in [2.05, 4.69) is 10.6 Å². The number of carbonyl (C=O) groups is 3. The quantitative estimate of drug-likeness (QED) is 0.703. The first kappa shape index (κ1) is 18.5. The molecule has 1 rings (SSSR count). The Morgan fingerprint density at radius 2 is 1.50 bits per heavy atom. The lowest BCUT2D eigenvalue weighted by Gasteiger charge is -2.21. The molecule has 0 spiro atoms. The van der Waals surface area contributed by atoms with Crippen LogP contribution in [-0.4, -0.2) is 48.8 Å². The molecule has 1 fully saturated rings. The summed E-state index contributed by atoms with van der Waals surface area (Å²) >= 11 is 0. The van der Waals surface area contributed by atoms with Crippen LogP contribution in [-0.2, 0) is 14.4 Å². The molecule has 1 saturated carbocycles. The van der Waals surface area contributed by atoms with Crippen LogP contribution in [0.5, 0.6) is 0 Å². The van der Waals surface area contributed by atoms with Crippen molar-refractivity contribution in [3.8, 4) is 0 Å². The molecule has 126 valence electrons. The summed E-state index contributed by atoms with van der Waals surface area (Å²) < 4.78 is 0. The molecule has 0 saturated heterocycles. The molecule has 2 N–H and O–H groups in total. The van der Waals surface area contributed by atoms with E-state index in [0.29, 0.717) is 25.4 Å². The van der Waals surface area contributed by atoms with Gasteiger partial charge in [-0.3, -0.25) is 14.4 Å². The van der Waals surface area contributed by atoms with Crippen molar-refractivity contribution in [1.82, 2.24) is 15.5 Å². The highest BCUT2D eigenvalue weighted by molar-refractivity contribution is 5.88. The minimum Gasteiger partial charge on any atom is -0.347 e. The smallest absolute Gasteiger partial charge is 0.241 e. The van der Waals surface area contributed by atoms with Gasteiger partial charge in [0.05, 0.1) is 13.1 Å². The summed E-state index contributed by atoms with van der Waals surface area (Å²) in [6.45, 7) is 4.98. The summed E-state index contributed by atoms with van der Waals surface area (Å²) in [5.41, 5.74) is 0. The van der Waals surface area contributed by atoms with Gasteiger partial charge in [-0.1, -0.05) is 19.3 Å². The Kier molecular flexibility index (Phi) is 8.55. The molecule has 6 heteroatoms. The summed E-state index contributed by atoms with van der Waals surface area (Å²) in [5, 5.41) is 5.18. The number of carbonyl (C=O) groups excluding carboxylic acids is 3. The second-order valence-corrected chi connectivity index (χ2v) is 5.83. The van der Waals surface area contributed by atoms with E-state index in [-0.39, 0.29) is 30.8 Å². The van der Waals surface area contributed by atoms with E-state index in [1.807, 2.05) is 13.8 Å². The number of hydrogen-bond donors (Lipinski definition) is 2. The fraction of sp³-hybridized carbons (Fsp3) is 0.812. The van der Waals surface area contributed by atoms with Gasteiger partial charge in [-0.15, -0.1) is 0 Å². The molecule has 6 nitrogen and oxygen atoms in total. The van der Waals surface area contributed by atoms with Crippen LogP contribution in [0.25, 0.3) is 0 Å². The van der Waals surface area contributed by atoms with E-state index in [1.54, 1.807) is 4.90 Å². The summed E-state index contributed by atoms with van der Waals surface area (Å²) in [5.74, 6) is -0.0393. The minimum atomic E-state index is -0.322. The predicted molar refractivity (Wildman–Crippen MR) is 85.1 cm³/mol. The van der Waals surface area contributed by atoms with E-state index in [1.165, 1.54) is 19.3 Å². The van der Waals surface area contributed by atoms with E-state index in [9.17, 15) is 14.4 Å². The molecule has 0 radical (unpaired) electrons. The topological polar surface area (TPSA) is 78.5 Å². The molecule has 0 aromatic heterocycles. The van der Waals surface area contributed by atoms with Crippen molar-refractivity contribution in [3.63, 3.8) is 0 Å². The summed E-state index contributed by atoms with van der Waals surface area (Å²) in [6.07, 6.45) is 6.39. The lowest BCUT2D eigenvalue weighted by molar-refractivity contribution is -0.132. The highest BCUT2D eigenvalue weighted by atomic mass is 16.2. The third kappa shape index (κ3) is 6.91. The average Bonchev–Trinajstić information content (AvgIpc) is 2.53. The predicted octanol–water partition coefficient (Wildman–Crippen LogP) is 1.06. The lowest BCUT2D eigenvalue weighted by atomic mass is 9.87. The van der Waals surface area contributed by atoms with Gasteiger partial charge in [0.2, 0.25) is 17.7 Å². The van der Waals surface area contributed by atoms with Crippen molar-refractivity contribution in [2.24, 2.45) is 5.92 Å². The molecule has 0 heterocycles. The van der Waals surface area contributed by atoms with Crippen LogP contribution in [0, 0.1) is 5.92 Å². The molecule has 0 aliphatic heterocycles. The van der Waals surface area contributed by atoms with Crippen LogP contribution in [0.4, 0.5) is 0 Å². The fourth-order valence-electron chi connectivity index (χ4n) is 2.83. The third-order valence-electron chi connectivity index (χ3n) is 4.20. The molecule has 1 aliphatic rings. The maximum atomic E-state index is 11.8. The molecule has 1 aliphatic carbocycles. The Labute approximate surface area is 133 Å². The first-order chi connectivity index (χ1) is 10.6. The van der Waals surface area contributed by atoms with Crippen LogP contribution in [0.3, 0.4) is 0 Å². The molecule has 0 aromatic rings. The normalized spacial score (nSPS) is 15.2. The zero-order valence-corrected chi connectivity index (χ0v) is 13.8. The van der Waals surface area contributed by atoms with Crippen molar-refractivity contribution >= 4 is 17.7 Å². The number of amides is 3. The number of rotatable bonds is 8. The zero-order chi connectivity index (χ0) is 16.4. The van der Waals surface area contributed by atoms with E-state index in [0.717, 1.165) is 12.8 Å². The van der Waals surface area contributed by atoms with Crippen molar-refractivity contribution in [1.29, 1.82) is 0 Å². The van der Waals surface area contributed by atoms with Crippen LogP contribution in [0.2, 0.25) is 0 Å². The van der Waals surface area contributed by atoms with Crippen molar-refractivity contribution in [2.45, 2.75) is 52.4 Å². The Bertz CT molecular complexity index is 375. The van der Waals surface area contributed by atoms with Gasteiger partial charge in [0.1, 0.15) is 0 Å². The van der Waals surface area contributed by atoms with Crippen LogP contribution in [0.15, 0.2) is 0 Å². The SMILES string of the molecule is CCN(CC)C(=O)CNC(=O)CNC(=O)CC1CCCCC1. The monoisotopic (exact) mass is 311 g/mol. The maximum Gasteiger partial charge on any atom is 0.241 e. The number of likely N-dealkylation sites (N-methyl/N-ethyl adjacent to an activating group) is 1. The lowest BCUT2D eigenvalue weighted by Crippen LogP contribution is -2.43. The van der Waals surface area contributed by atoms with Crippen LogP contribution < -0.4 is 10.6 Å². The van der Waals surface area contributed by atoms with Gasteiger partial charge in [0.15, 0.2) is 0 Å². The van der Waals surface area contributed by atoms with Gasteiger partial charge < -0.3 is 15.5 Å². The molecular weight excluding hydrogens is 282 g/mol. The molecule has 0 unspecified atom stereocenters. The summed E-state index contributed by atoms with van der Waals surface area (Å²) in [7, 11) is 0. The zero-order valence-electron chi connectivity index (χ0n) is 13.8. The number of hydrogen-bond acceptors (Lipinski definition) is 3. The molecular formula is C16H29N3O3. The largest absolute Gasteiger partial charge is 0.347 e.